The van der Waals surface area contributed by atoms with Crippen LogP contribution in [0.5, 0.6) is 46.0 Å². The molecule has 2 aliphatic rings. The van der Waals surface area contributed by atoms with Crippen LogP contribution in [0.4, 0.5) is 4.79 Å². The second kappa shape index (κ2) is 61.1. The van der Waals surface area contributed by atoms with E-state index in [9.17, 15) is 52.7 Å². The van der Waals surface area contributed by atoms with Crippen LogP contribution in [0.3, 0.4) is 0 Å². The number of nitrogens with zero attached hydrogens (tertiary/aromatic N) is 1. The number of carbonyl (C=O) groups excluding carboxylic acids is 9. The molecule has 0 saturated carbocycles. The van der Waals surface area contributed by atoms with Crippen molar-refractivity contribution < 1.29 is 134 Å². The molecule has 0 radical (unpaired) electrons. The van der Waals surface area contributed by atoms with E-state index >= 15 is 0 Å². The highest BCUT2D eigenvalue weighted by atomic mass is 79.9. The lowest BCUT2D eigenvalue weighted by molar-refractivity contribution is -0.156. The number of amides is 1. The molecule has 30 nitrogen and oxygen atoms in total. The van der Waals surface area contributed by atoms with Crippen LogP contribution in [0.1, 0.15) is 213 Å². The van der Waals surface area contributed by atoms with Crippen molar-refractivity contribution in [3.63, 3.8) is 0 Å². The smallest absolute Gasteiger partial charge is 0.410 e. The molecule has 0 aromatic heterocycles. The number of alkyl halides is 1. The Hall–Kier alpha value is -12.7. The van der Waals surface area contributed by atoms with E-state index in [0.29, 0.717) is 142 Å². The van der Waals surface area contributed by atoms with Gasteiger partial charge in [0.15, 0.2) is 12.6 Å². The SMILES string of the molecule is CC(=O)OCC1c2ccccc2-c2ccccc21.CC(C)(C)OC(=O)CN.CCOC(=O)CCCBr.CCOC(=O)CCCOc1cc(OC)ccc1C=O.COc1ccc(C=O)c(O)c1.COc1ccc(CCCC(=O)OC(C)(C)C)c(OCCCC(=O)O)c1.COc1ccc(CN(CC(=O)OC(C)(C)C)C(=O)OCC2c3ccccc3-c3ccccc32)c(OCCCC(=O)O)c1.Cl. The van der Waals surface area contributed by atoms with Gasteiger partial charge in [-0.05, 0) is 207 Å². The molecule has 0 spiro atoms. The first kappa shape index (κ1) is 115. The number of aromatic hydroxyl groups is 1. The van der Waals surface area contributed by atoms with Crippen molar-refractivity contribution in [2.24, 2.45) is 5.73 Å². The summed E-state index contributed by atoms with van der Waals surface area (Å²) in [6.45, 7) is 23.1. The second-order valence-electron chi connectivity index (χ2n) is 32.6. The number of carboxylic acid groups (broad SMARTS) is 2. The fourth-order valence-electron chi connectivity index (χ4n) is 12.9. The molecule has 134 heavy (non-hydrogen) atoms. The number of hydrogen-bond donors (Lipinski definition) is 4. The van der Waals surface area contributed by atoms with Gasteiger partial charge in [-0.3, -0.25) is 52.8 Å². The van der Waals surface area contributed by atoms with Gasteiger partial charge >= 0.3 is 53.8 Å². The monoisotopic (exact) mass is 1940 g/mol. The molecule has 32 heteroatoms. The van der Waals surface area contributed by atoms with Crippen LogP contribution >= 0.6 is 28.3 Å². The Labute approximate surface area is 799 Å². The average Bonchev–Trinajstić information content (AvgIpc) is 1.62. The van der Waals surface area contributed by atoms with Crippen LogP contribution < -0.4 is 38.9 Å². The molecular formula is C102H130BrClN2O28. The quantitative estimate of drug-likeness (QED) is 0.00914. The Morgan fingerprint density at radius 2 is 0.784 bits per heavy atom. The maximum atomic E-state index is 13.6. The zero-order valence-electron chi connectivity index (χ0n) is 79.4. The van der Waals surface area contributed by atoms with Crippen molar-refractivity contribution in [3.8, 4) is 68.2 Å². The summed E-state index contributed by atoms with van der Waals surface area (Å²) in [5.41, 5.74) is 15.1. The van der Waals surface area contributed by atoms with E-state index in [2.05, 4.69) is 57.1 Å². The number of carbonyl (C=O) groups is 11. The minimum absolute atomic E-state index is 0. The molecule has 2 aliphatic carbocycles. The maximum Gasteiger partial charge on any atom is 0.410 e. The minimum atomic E-state index is -0.914. The number of phenolic OH excluding ortho intramolecular Hbond substituents is 1. The zero-order valence-corrected chi connectivity index (χ0v) is 81.8. The van der Waals surface area contributed by atoms with Crippen LogP contribution in [-0.2, 0) is 84.5 Å². The molecule has 1 amide bonds. The van der Waals surface area contributed by atoms with E-state index < -0.39 is 40.8 Å². The summed E-state index contributed by atoms with van der Waals surface area (Å²) >= 11 is 3.22. The predicted molar refractivity (Wildman–Crippen MR) is 513 cm³/mol. The Kier molecular flexibility index (Phi) is 52.7. The first-order chi connectivity index (χ1) is 63.3. The van der Waals surface area contributed by atoms with Gasteiger partial charge in [0.1, 0.15) is 82.6 Å². The van der Waals surface area contributed by atoms with Crippen molar-refractivity contribution in [2.45, 2.75) is 189 Å². The number of methoxy groups -OCH3 is 4. The van der Waals surface area contributed by atoms with E-state index in [0.717, 1.165) is 45.9 Å². The van der Waals surface area contributed by atoms with Crippen molar-refractivity contribution in [3.05, 3.63) is 214 Å². The number of fused-ring (bicyclic) bond motifs is 6. The Morgan fingerprint density at radius 3 is 1.17 bits per heavy atom. The molecule has 0 bridgehead atoms. The van der Waals surface area contributed by atoms with Gasteiger partial charge in [0.2, 0.25) is 0 Å². The summed E-state index contributed by atoms with van der Waals surface area (Å²) in [6, 6.07) is 52.9. The van der Waals surface area contributed by atoms with E-state index in [1.165, 1.54) is 60.4 Å². The molecule has 10 rings (SSSR count). The highest BCUT2D eigenvalue weighted by Gasteiger charge is 2.33. The maximum absolute atomic E-state index is 13.6. The predicted octanol–water partition coefficient (Wildman–Crippen LogP) is 18.9. The van der Waals surface area contributed by atoms with Crippen LogP contribution in [0.25, 0.3) is 22.3 Å². The second-order valence-corrected chi connectivity index (χ2v) is 33.4. The zero-order chi connectivity index (χ0) is 98.6. The number of phenols is 1. The summed E-state index contributed by atoms with van der Waals surface area (Å²) in [5, 5.41) is 27.6. The summed E-state index contributed by atoms with van der Waals surface area (Å²) < 4.78 is 73.6. The fraction of sp³-hybridized carbons (Fsp3) is 0.422. The number of benzene rings is 8. The molecule has 0 aliphatic heterocycles. The lowest BCUT2D eigenvalue weighted by Gasteiger charge is -2.26. The number of aldehydes is 2. The van der Waals surface area contributed by atoms with Crippen molar-refractivity contribution in [1.82, 2.24) is 4.90 Å². The van der Waals surface area contributed by atoms with E-state index in [-0.39, 0.29) is 111 Å². The molecule has 8 aromatic rings. The molecular weight excluding hydrogens is 1820 g/mol. The number of rotatable bonds is 39. The third-order valence-corrected chi connectivity index (χ3v) is 19.3. The van der Waals surface area contributed by atoms with Gasteiger partial charge < -0.3 is 87.4 Å². The van der Waals surface area contributed by atoms with Crippen molar-refractivity contribution in [1.29, 1.82) is 0 Å². The number of nitrogens with two attached hydrogens (primary N) is 1. The van der Waals surface area contributed by atoms with E-state index in [4.69, 9.17) is 82.6 Å². The van der Waals surface area contributed by atoms with Crippen LogP contribution in [0, 0.1) is 0 Å². The number of aliphatic carboxylic acids is 2. The lowest BCUT2D eigenvalue weighted by atomic mass is 9.98. The number of hydrogen-bond acceptors (Lipinski definition) is 27. The highest BCUT2D eigenvalue weighted by Crippen LogP contribution is 2.46. The first-order valence-electron chi connectivity index (χ1n) is 43.5. The first-order valence-corrected chi connectivity index (χ1v) is 44.7. The fourth-order valence-corrected chi connectivity index (χ4v) is 13.2. The van der Waals surface area contributed by atoms with E-state index in [1.54, 1.807) is 111 Å². The van der Waals surface area contributed by atoms with Gasteiger partial charge in [-0.15, -0.1) is 12.4 Å². The Bertz CT molecular complexity index is 4950. The molecule has 0 unspecified atom stereocenters. The standard InChI is InChI=1S/C33H37NO8.C19H28O6.C16H14O2.C14H18O5.C8H8O3.C6H11BrO2.C6H13NO2.ClH/c1-33(2,3)42-31(37)20-34(19-22-15-16-23(39-4)18-29(22)40-17-9-14-30(35)36)32(38)41-21-28-26-12-7-5-10-24(26)25-11-6-8-13-27(25)28;1-19(2,3)25-18(22)9-5-7-14-10-11-15(23-4)13-16(14)24-12-6-8-17(20)21;1-11(17)18-10-16-14-8-4-2-6-12(14)13-7-3-5-9-15(13)16;1-3-18-14(16)5-4-8-19-13-9-12(17-2)7-6-11(13)10-15;1-11-7-3-2-6(5-9)8(10)4-7;1-2-9-6(8)4-3-5-7;1-6(2,3)9-5(8)4-7;/h5-8,10-13,15-16,18,28H,9,14,17,19-21H2,1-4H3,(H,35,36);10-11,13H,5-9,12H2,1-4H3,(H,20,21);2-9,16H,10H2,1H3;6-7,9-10H,3-5,8H2,1-2H3;2-5,10H,1H3;2-5H2,1H3;4,7H2,1-3H3;1H. The van der Waals surface area contributed by atoms with E-state index in [1.807, 2.05) is 100 Å². The Balaban J connectivity index is 0.000000433. The molecule has 0 fully saturated rings. The Morgan fingerprint density at radius 1 is 0.425 bits per heavy atom. The largest absolute Gasteiger partial charge is 0.507 e. The van der Waals surface area contributed by atoms with Crippen molar-refractivity contribution in [2.75, 3.05) is 93.1 Å². The minimum Gasteiger partial charge on any atom is -0.507 e. The van der Waals surface area contributed by atoms with Gasteiger partial charge in [-0.1, -0.05) is 119 Å². The summed E-state index contributed by atoms with van der Waals surface area (Å²) in [6.07, 6.45) is 5.28. The average molecular weight is 1950 g/mol. The number of aryl methyl sites for hydroxylation is 1. The molecule has 0 atom stereocenters. The molecule has 0 saturated heterocycles. The van der Waals surface area contributed by atoms with Gasteiger partial charge in [0, 0.05) is 86.0 Å². The molecule has 5 N–H and O–H groups in total. The van der Waals surface area contributed by atoms with Crippen LogP contribution in [0.2, 0.25) is 0 Å². The third-order valence-electron chi connectivity index (χ3n) is 18.7. The normalized spacial score (nSPS) is 11.1. The van der Waals surface area contributed by atoms with Gasteiger partial charge in [0.25, 0.3) is 0 Å². The topological polar surface area (TPSA) is 407 Å². The number of esters is 6. The lowest BCUT2D eigenvalue weighted by Crippen LogP contribution is -2.39. The molecule has 0 heterocycles. The number of ether oxygens (including phenoxy) is 14. The number of halogens is 2. The summed E-state index contributed by atoms with van der Waals surface area (Å²) in [5.74, 6) is 0.388. The highest BCUT2D eigenvalue weighted by molar-refractivity contribution is 9.09. The van der Waals surface area contributed by atoms with Crippen LogP contribution in [0.15, 0.2) is 170 Å². The van der Waals surface area contributed by atoms with Crippen LogP contribution in [-0.4, -0.2) is 197 Å². The molecule has 730 valence electrons. The van der Waals surface area contributed by atoms with Crippen molar-refractivity contribution >= 4 is 94.8 Å². The van der Waals surface area contributed by atoms with Gasteiger partial charge in [0.05, 0.1) is 85.7 Å². The summed E-state index contributed by atoms with van der Waals surface area (Å²) in [7, 11) is 6.14. The van der Waals surface area contributed by atoms with Gasteiger partial charge in [-0.25, -0.2) is 4.79 Å². The molecule has 8 aromatic carbocycles. The third kappa shape index (κ3) is 43.7. The van der Waals surface area contributed by atoms with Gasteiger partial charge in [-0.2, -0.15) is 0 Å². The summed E-state index contributed by atoms with van der Waals surface area (Å²) in [4.78, 5) is 125. The number of carboxylic acids is 2.